The molecule has 0 N–H and O–H groups in total. The van der Waals surface area contributed by atoms with Gasteiger partial charge in [0, 0.05) is 12.3 Å². The zero-order valence-electron chi connectivity index (χ0n) is 8.30. The van der Waals surface area contributed by atoms with Crippen molar-refractivity contribution in [1.82, 2.24) is 0 Å². The fraction of sp³-hybridized carbons (Fsp3) is 1.00. The SMILES string of the molecule is CCC(C)C(F)(F)C(F)(F)CCCF. The average molecular weight is 218 g/mol. The Balaban J connectivity index is 4.51. The number of alkyl halides is 5. The lowest BCUT2D eigenvalue weighted by Crippen LogP contribution is -2.45. The molecular weight excluding hydrogens is 203 g/mol. The van der Waals surface area contributed by atoms with Crippen LogP contribution >= 0.6 is 0 Å². The molecule has 1 unspecified atom stereocenters. The predicted octanol–water partition coefficient (Wildman–Crippen LogP) is 4.05. The maximum atomic E-state index is 13.0. The van der Waals surface area contributed by atoms with Crippen LogP contribution in [0, 0.1) is 5.92 Å². The Kier molecular flexibility index (Phi) is 4.81. The van der Waals surface area contributed by atoms with E-state index in [1.54, 1.807) is 0 Å². The number of halogens is 5. The maximum Gasteiger partial charge on any atom is 0.312 e. The van der Waals surface area contributed by atoms with Gasteiger partial charge in [-0.25, -0.2) is 0 Å². The molecule has 0 aromatic rings. The van der Waals surface area contributed by atoms with Gasteiger partial charge in [-0.2, -0.15) is 17.6 Å². The molecular formula is C9H15F5. The molecule has 0 rings (SSSR count). The first-order valence-electron chi connectivity index (χ1n) is 4.61. The van der Waals surface area contributed by atoms with Crippen LogP contribution in [0.4, 0.5) is 22.0 Å². The Morgan fingerprint density at radius 1 is 1.14 bits per heavy atom. The van der Waals surface area contributed by atoms with Crippen LogP contribution in [-0.4, -0.2) is 18.5 Å². The van der Waals surface area contributed by atoms with Gasteiger partial charge < -0.3 is 0 Å². The number of hydrogen-bond donors (Lipinski definition) is 0. The van der Waals surface area contributed by atoms with Crippen LogP contribution in [-0.2, 0) is 0 Å². The van der Waals surface area contributed by atoms with E-state index in [0.29, 0.717) is 0 Å². The standard InChI is InChI=1S/C9H15F5/c1-3-7(2)9(13,14)8(11,12)5-4-6-10/h7H,3-6H2,1-2H3. The van der Waals surface area contributed by atoms with Crippen molar-refractivity contribution in [2.75, 3.05) is 6.67 Å². The van der Waals surface area contributed by atoms with Gasteiger partial charge in [0.25, 0.3) is 0 Å². The van der Waals surface area contributed by atoms with E-state index in [0.717, 1.165) is 6.92 Å². The fourth-order valence-electron chi connectivity index (χ4n) is 1.07. The van der Waals surface area contributed by atoms with E-state index in [-0.39, 0.29) is 6.42 Å². The van der Waals surface area contributed by atoms with E-state index < -0.39 is 37.3 Å². The van der Waals surface area contributed by atoms with Gasteiger partial charge in [-0.3, -0.25) is 4.39 Å². The van der Waals surface area contributed by atoms with Crippen molar-refractivity contribution in [2.45, 2.75) is 45.0 Å². The molecule has 0 heterocycles. The van der Waals surface area contributed by atoms with Gasteiger partial charge in [-0.05, 0) is 12.8 Å². The average Bonchev–Trinajstić information content (AvgIpc) is 2.13. The van der Waals surface area contributed by atoms with E-state index >= 15 is 0 Å². The quantitative estimate of drug-likeness (QED) is 0.590. The van der Waals surface area contributed by atoms with Crippen LogP contribution in [0.15, 0.2) is 0 Å². The van der Waals surface area contributed by atoms with Gasteiger partial charge in [0.2, 0.25) is 0 Å². The molecule has 0 aliphatic rings. The molecule has 0 saturated heterocycles. The van der Waals surface area contributed by atoms with Gasteiger partial charge in [-0.1, -0.05) is 13.8 Å². The van der Waals surface area contributed by atoms with E-state index in [1.165, 1.54) is 6.92 Å². The van der Waals surface area contributed by atoms with Crippen LogP contribution in [0.2, 0.25) is 0 Å². The minimum absolute atomic E-state index is 0.0295. The summed E-state index contributed by atoms with van der Waals surface area (Å²) in [5.74, 6) is -9.54. The molecule has 0 bridgehead atoms. The van der Waals surface area contributed by atoms with Crippen LogP contribution in [0.25, 0.3) is 0 Å². The summed E-state index contributed by atoms with van der Waals surface area (Å²) in [5.41, 5.74) is 0. The highest BCUT2D eigenvalue weighted by atomic mass is 19.3. The Morgan fingerprint density at radius 3 is 2.00 bits per heavy atom. The molecule has 0 nitrogen and oxygen atoms in total. The Morgan fingerprint density at radius 2 is 1.64 bits per heavy atom. The maximum absolute atomic E-state index is 13.0. The van der Waals surface area contributed by atoms with Gasteiger partial charge in [0.1, 0.15) is 0 Å². The molecule has 0 fully saturated rings. The molecule has 0 aromatic carbocycles. The number of hydrogen-bond acceptors (Lipinski definition) is 0. The summed E-state index contributed by atoms with van der Waals surface area (Å²) in [5, 5.41) is 0. The third-order valence-corrected chi connectivity index (χ3v) is 2.34. The van der Waals surface area contributed by atoms with Crippen molar-refractivity contribution in [3.8, 4) is 0 Å². The van der Waals surface area contributed by atoms with Crippen molar-refractivity contribution in [3.05, 3.63) is 0 Å². The van der Waals surface area contributed by atoms with Gasteiger partial charge >= 0.3 is 11.8 Å². The molecule has 5 heteroatoms. The minimum Gasteiger partial charge on any atom is -0.251 e. The molecule has 1 atom stereocenters. The highest BCUT2D eigenvalue weighted by Crippen LogP contribution is 2.43. The first-order chi connectivity index (χ1) is 6.29. The number of rotatable bonds is 6. The molecule has 0 radical (unpaired) electrons. The third-order valence-electron chi connectivity index (χ3n) is 2.34. The summed E-state index contributed by atoms with van der Waals surface area (Å²) < 4.78 is 63.5. The van der Waals surface area contributed by atoms with Crippen molar-refractivity contribution in [3.63, 3.8) is 0 Å². The zero-order chi connectivity index (χ0) is 11.4. The second kappa shape index (κ2) is 4.94. The normalized spacial score (nSPS) is 15.6. The molecule has 0 saturated carbocycles. The van der Waals surface area contributed by atoms with Crippen LogP contribution < -0.4 is 0 Å². The van der Waals surface area contributed by atoms with Crippen LogP contribution in [0.3, 0.4) is 0 Å². The van der Waals surface area contributed by atoms with Gasteiger partial charge in [0.15, 0.2) is 0 Å². The van der Waals surface area contributed by atoms with E-state index in [9.17, 15) is 22.0 Å². The summed E-state index contributed by atoms with van der Waals surface area (Å²) in [4.78, 5) is 0. The van der Waals surface area contributed by atoms with Gasteiger partial charge in [-0.15, -0.1) is 0 Å². The van der Waals surface area contributed by atoms with Crippen molar-refractivity contribution in [2.24, 2.45) is 5.92 Å². The molecule has 86 valence electrons. The molecule has 0 aromatic heterocycles. The Labute approximate surface area is 80.5 Å². The van der Waals surface area contributed by atoms with Crippen molar-refractivity contribution < 1.29 is 22.0 Å². The summed E-state index contributed by atoms with van der Waals surface area (Å²) in [7, 11) is 0. The Hall–Kier alpha value is -0.350. The topological polar surface area (TPSA) is 0 Å². The smallest absolute Gasteiger partial charge is 0.251 e. The van der Waals surface area contributed by atoms with E-state index in [4.69, 9.17) is 0 Å². The van der Waals surface area contributed by atoms with Crippen LogP contribution in [0.5, 0.6) is 0 Å². The predicted molar refractivity (Wildman–Crippen MR) is 44.6 cm³/mol. The van der Waals surface area contributed by atoms with Crippen LogP contribution in [0.1, 0.15) is 33.1 Å². The molecule has 0 spiro atoms. The highest BCUT2D eigenvalue weighted by molar-refractivity contribution is 4.88. The van der Waals surface area contributed by atoms with E-state index in [1.807, 2.05) is 0 Å². The largest absolute Gasteiger partial charge is 0.312 e. The van der Waals surface area contributed by atoms with E-state index in [2.05, 4.69) is 0 Å². The van der Waals surface area contributed by atoms with Crippen molar-refractivity contribution in [1.29, 1.82) is 0 Å². The second-order valence-corrected chi connectivity index (χ2v) is 3.43. The summed E-state index contributed by atoms with van der Waals surface area (Å²) in [6.45, 7) is 1.50. The highest BCUT2D eigenvalue weighted by Gasteiger charge is 2.57. The summed E-state index contributed by atoms with van der Waals surface area (Å²) in [6, 6.07) is 0. The lowest BCUT2D eigenvalue weighted by molar-refractivity contribution is -0.237. The zero-order valence-corrected chi connectivity index (χ0v) is 8.30. The molecule has 0 aliphatic carbocycles. The minimum atomic E-state index is -4.10. The Bertz CT molecular complexity index is 167. The van der Waals surface area contributed by atoms with Gasteiger partial charge in [0.05, 0.1) is 6.67 Å². The second-order valence-electron chi connectivity index (χ2n) is 3.43. The molecule has 0 aliphatic heterocycles. The monoisotopic (exact) mass is 218 g/mol. The molecule has 0 amide bonds. The fourth-order valence-corrected chi connectivity index (χ4v) is 1.07. The first-order valence-corrected chi connectivity index (χ1v) is 4.61. The third kappa shape index (κ3) is 2.82. The lowest BCUT2D eigenvalue weighted by Gasteiger charge is -2.30. The summed E-state index contributed by atoms with van der Waals surface area (Å²) >= 11 is 0. The lowest BCUT2D eigenvalue weighted by atomic mass is 9.93. The first kappa shape index (κ1) is 13.7. The molecule has 14 heavy (non-hydrogen) atoms. The summed E-state index contributed by atoms with van der Waals surface area (Å²) in [6.07, 6.45) is -1.65. The van der Waals surface area contributed by atoms with Crippen molar-refractivity contribution >= 4 is 0 Å².